The number of hydrogen-bond acceptors (Lipinski definition) is 3. The Hall–Kier alpha value is -2.21. The van der Waals surface area contributed by atoms with Gasteiger partial charge in [0.2, 0.25) is 0 Å². The summed E-state index contributed by atoms with van der Waals surface area (Å²) >= 11 is 1.43. The predicted octanol–water partition coefficient (Wildman–Crippen LogP) is 4.39. The lowest BCUT2D eigenvalue weighted by atomic mass is 9.72. The number of amides is 2. The molecule has 1 heterocycles. The second-order valence-electron chi connectivity index (χ2n) is 7.84. The maximum Gasteiger partial charge on any atom is 0.256 e. The SMILES string of the molecule is CC(C)(C)C1CCc2c(sc(NC(=O)c3ccc(F)cc3)c2C(N)=O)C1. The molecule has 0 aliphatic heterocycles. The molecule has 0 fully saturated rings. The fourth-order valence-corrected chi connectivity index (χ4v) is 4.78. The van der Waals surface area contributed by atoms with Crippen LogP contribution in [0.3, 0.4) is 0 Å². The van der Waals surface area contributed by atoms with Crippen LogP contribution in [0.25, 0.3) is 0 Å². The number of nitrogens with one attached hydrogen (secondary N) is 1. The number of hydrogen-bond donors (Lipinski definition) is 2. The van der Waals surface area contributed by atoms with Crippen molar-refractivity contribution < 1.29 is 14.0 Å². The fourth-order valence-electron chi connectivity index (χ4n) is 3.45. The Bertz CT molecular complexity index is 850. The van der Waals surface area contributed by atoms with E-state index >= 15 is 0 Å². The van der Waals surface area contributed by atoms with Crippen molar-refractivity contribution in [3.63, 3.8) is 0 Å². The van der Waals surface area contributed by atoms with Gasteiger partial charge in [0, 0.05) is 10.4 Å². The first-order valence-electron chi connectivity index (χ1n) is 8.68. The highest BCUT2D eigenvalue weighted by molar-refractivity contribution is 7.17. The van der Waals surface area contributed by atoms with E-state index in [0.717, 1.165) is 29.7 Å². The molecule has 1 aliphatic rings. The van der Waals surface area contributed by atoms with E-state index in [9.17, 15) is 14.0 Å². The van der Waals surface area contributed by atoms with Crippen LogP contribution in [0.2, 0.25) is 0 Å². The Morgan fingerprint density at radius 1 is 1.23 bits per heavy atom. The highest BCUT2D eigenvalue weighted by Crippen LogP contribution is 2.44. The molecular formula is C20H23FN2O2S. The van der Waals surface area contributed by atoms with Crippen molar-refractivity contribution in [2.45, 2.75) is 40.0 Å². The largest absolute Gasteiger partial charge is 0.365 e. The highest BCUT2D eigenvalue weighted by atomic mass is 32.1. The van der Waals surface area contributed by atoms with Gasteiger partial charge in [0.15, 0.2) is 0 Å². The number of carbonyl (C=O) groups is 2. The van der Waals surface area contributed by atoms with Crippen molar-refractivity contribution in [1.29, 1.82) is 0 Å². The van der Waals surface area contributed by atoms with E-state index in [-0.39, 0.29) is 11.3 Å². The highest BCUT2D eigenvalue weighted by Gasteiger charge is 2.33. The third-order valence-electron chi connectivity index (χ3n) is 5.07. The summed E-state index contributed by atoms with van der Waals surface area (Å²) in [7, 11) is 0. The molecule has 1 unspecified atom stereocenters. The second-order valence-corrected chi connectivity index (χ2v) is 8.94. The van der Waals surface area contributed by atoms with Gasteiger partial charge >= 0.3 is 0 Å². The van der Waals surface area contributed by atoms with Gasteiger partial charge in [-0.15, -0.1) is 11.3 Å². The zero-order valence-corrected chi connectivity index (χ0v) is 16.0. The van der Waals surface area contributed by atoms with Gasteiger partial charge in [0.25, 0.3) is 11.8 Å². The standard InChI is InChI=1S/C20H23FN2O2S/c1-20(2,3)12-6-9-14-15(10-12)26-19(16(14)17(22)24)23-18(25)11-4-7-13(21)8-5-11/h4-5,7-8,12H,6,9-10H2,1-3H3,(H2,22,24)(H,23,25). The van der Waals surface area contributed by atoms with Crippen molar-refractivity contribution in [2.75, 3.05) is 5.32 Å². The summed E-state index contributed by atoms with van der Waals surface area (Å²) in [5.41, 5.74) is 7.52. The molecule has 1 aromatic heterocycles. The third kappa shape index (κ3) is 3.65. The zero-order chi connectivity index (χ0) is 19.1. The number of thiophene rings is 1. The summed E-state index contributed by atoms with van der Waals surface area (Å²) in [5.74, 6) is -0.779. The van der Waals surface area contributed by atoms with E-state index in [1.165, 1.54) is 35.6 Å². The lowest BCUT2D eigenvalue weighted by molar-refractivity contribution is 0.1000. The monoisotopic (exact) mass is 374 g/mol. The number of carbonyl (C=O) groups excluding carboxylic acids is 2. The Kier molecular flexibility index (Phi) is 4.88. The van der Waals surface area contributed by atoms with E-state index in [1.54, 1.807) is 0 Å². The molecule has 2 aromatic rings. The molecule has 0 saturated carbocycles. The average molecular weight is 374 g/mol. The first-order valence-corrected chi connectivity index (χ1v) is 9.49. The third-order valence-corrected chi connectivity index (χ3v) is 6.24. The van der Waals surface area contributed by atoms with Crippen LogP contribution >= 0.6 is 11.3 Å². The fraction of sp³-hybridized carbons (Fsp3) is 0.400. The molecule has 1 aliphatic carbocycles. The second kappa shape index (κ2) is 6.83. The van der Waals surface area contributed by atoms with Crippen molar-refractivity contribution in [2.24, 2.45) is 17.1 Å². The molecule has 3 N–H and O–H groups in total. The van der Waals surface area contributed by atoms with Crippen molar-refractivity contribution >= 4 is 28.2 Å². The minimum atomic E-state index is -0.522. The number of benzene rings is 1. The van der Waals surface area contributed by atoms with Crippen LogP contribution in [0.1, 0.15) is 58.3 Å². The Balaban J connectivity index is 1.91. The summed E-state index contributed by atoms with van der Waals surface area (Å²) in [6.45, 7) is 6.67. The number of rotatable bonds is 3. The van der Waals surface area contributed by atoms with Gasteiger partial charge in [-0.25, -0.2) is 4.39 Å². The van der Waals surface area contributed by atoms with Crippen LogP contribution < -0.4 is 11.1 Å². The van der Waals surface area contributed by atoms with Gasteiger partial charge in [-0.1, -0.05) is 20.8 Å². The number of halogens is 1. The quantitative estimate of drug-likeness (QED) is 0.836. The zero-order valence-electron chi connectivity index (χ0n) is 15.2. The van der Waals surface area contributed by atoms with Crippen LogP contribution in [0.4, 0.5) is 9.39 Å². The number of anilines is 1. The number of primary amides is 1. The molecule has 1 aromatic carbocycles. The minimum absolute atomic E-state index is 0.187. The molecule has 0 saturated heterocycles. The van der Waals surface area contributed by atoms with Crippen LogP contribution in [-0.2, 0) is 12.8 Å². The normalized spacial score (nSPS) is 16.8. The van der Waals surface area contributed by atoms with Gasteiger partial charge in [-0.2, -0.15) is 0 Å². The predicted molar refractivity (Wildman–Crippen MR) is 102 cm³/mol. The van der Waals surface area contributed by atoms with Crippen molar-refractivity contribution in [3.05, 3.63) is 51.7 Å². The van der Waals surface area contributed by atoms with E-state index in [4.69, 9.17) is 5.73 Å². The molecule has 1 atom stereocenters. The van der Waals surface area contributed by atoms with Gasteiger partial charge in [-0.3, -0.25) is 9.59 Å². The van der Waals surface area contributed by atoms with E-state index in [1.807, 2.05) is 0 Å². The summed E-state index contributed by atoms with van der Waals surface area (Å²) in [6.07, 6.45) is 2.67. The number of fused-ring (bicyclic) bond motifs is 1. The Morgan fingerprint density at radius 3 is 2.46 bits per heavy atom. The van der Waals surface area contributed by atoms with Crippen LogP contribution in [0.5, 0.6) is 0 Å². The van der Waals surface area contributed by atoms with E-state index in [2.05, 4.69) is 26.1 Å². The Labute approximate surface area is 156 Å². The molecule has 3 rings (SSSR count). The molecule has 138 valence electrons. The van der Waals surface area contributed by atoms with Crippen molar-refractivity contribution in [1.82, 2.24) is 0 Å². The maximum absolute atomic E-state index is 13.0. The maximum atomic E-state index is 13.0. The summed E-state index contributed by atoms with van der Waals surface area (Å²) < 4.78 is 13.0. The molecule has 4 nitrogen and oxygen atoms in total. The van der Waals surface area contributed by atoms with E-state index in [0.29, 0.717) is 22.0 Å². The topological polar surface area (TPSA) is 72.2 Å². The number of nitrogens with two attached hydrogens (primary N) is 1. The summed E-state index contributed by atoms with van der Waals surface area (Å²) in [6, 6.07) is 5.30. The molecule has 6 heteroatoms. The summed E-state index contributed by atoms with van der Waals surface area (Å²) in [5, 5.41) is 3.29. The first kappa shape index (κ1) is 18.6. The van der Waals surface area contributed by atoms with Crippen molar-refractivity contribution in [3.8, 4) is 0 Å². The minimum Gasteiger partial charge on any atom is -0.365 e. The van der Waals surface area contributed by atoms with E-state index < -0.39 is 11.7 Å². The Morgan fingerprint density at radius 2 is 1.88 bits per heavy atom. The van der Waals surface area contributed by atoms with Gasteiger partial charge < -0.3 is 11.1 Å². The first-order chi connectivity index (χ1) is 12.2. The molecule has 0 bridgehead atoms. The molecule has 26 heavy (non-hydrogen) atoms. The lowest BCUT2D eigenvalue weighted by Crippen LogP contribution is -2.27. The van der Waals surface area contributed by atoms with Crippen LogP contribution in [-0.4, -0.2) is 11.8 Å². The average Bonchev–Trinajstić information content (AvgIpc) is 2.91. The van der Waals surface area contributed by atoms with Gasteiger partial charge in [0.1, 0.15) is 10.8 Å². The molecule has 0 radical (unpaired) electrons. The lowest BCUT2D eigenvalue weighted by Gasteiger charge is -2.33. The summed E-state index contributed by atoms with van der Waals surface area (Å²) in [4.78, 5) is 25.6. The van der Waals surface area contributed by atoms with Gasteiger partial charge in [0.05, 0.1) is 5.56 Å². The van der Waals surface area contributed by atoms with Crippen LogP contribution in [0, 0.1) is 17.2 Å². The van der Waals surface area contributed by atoms with Gasteiger partial charge in [-0.05, 0) is 60.4 Å². The molecule has 2 amide bonds. The molecular weight excluding hydrogens is 351 g/mol. The van der Waals surface area contributed by atoms with Crippen LogP contribution in [0.15, 0.2) is 24.3 Å². The smallest absolute Gasteiger partial charge is 0.256 e. The molecule has 0 spiro atoms.